The summed E-state index contributed by atoms with van der Waals surface area (Å²) < 4.78 is 15.5. The molecule has 8 aromatic carbocycles. The molecule has 0 N–H and O–H groups in total. The van der Waals surface area contributed by atoms with E-state index in [1.165, 1.54) is 10.8 Å². The van der Waals surface area contributed by atoms with Crippen molar-refractivity contribution in [3.8, 4) is 28.3 Å². The van der Waals surface area contributed by atoms with Gasteiger partial charge in [-0.1, -0.05) is 115 Å². The van der Waals surface area contributed by atoms with E-state index in [1.807, 2.05) is 42.5 Å². The van der Waals surface area contributed by atoms with Crippen LogP contribution in [0.25, 0.3) is 83.1 Å². The second-order valence-electron chi connectivity index (χ2n) is 13.5. The number of hydrogen-bond donors (Lipinski definition) is 0. The fraction of sp³-hybridized carbons (Fsp3) is 0. The number of aromatic nitrogens is 2. The second kappa shape index (κ2) is 12.1. The van der Waals surface area contributed by atoms with Gasteiger partial charge in [-0.15, -0.1) is 0 Å². The van der Waals surface area contributed by atoms with Gasteiger partial charge in [-0.3, -0.25) is 0 Å². The first kappa shape index (κ1) is 30.3. The molecule has 0 aliphatic rings. The van der Waals surface area contributed by atoms with Crippen molar-refractivity contribution in [1.29, 1.82) is 0 Å². The van der Waals surface area contributed by atoms with Crippen LogP contribution in [0, 0.1) is 0 Å². The highest BCUT2D eigenvalue weighted by Gasteiger charge is 2.25. The number of hydrogen-bond acceptors (Lipinski definition) is 4. The third-order valence-corrected chi connectivity index (χ3v) is 10.4. The summed E-state index contributed by atoms with van der Waals surface area (Å²) in [5, 5.41) is 4.28. The largest absolute Gasteiger partial charge is 0.454 e. The van der Waals surface area contributed by atoms with Crippen LogP contribution in [0.2, 0.25) is 0 Å². The summed E-state index contributed by atoms with van der Waals surface area (Å²) >= 11 is 0. The average Bonchev–Trinajstić information content (AvgIpc) is 3.94. The maximum Gasteiger partial charge on any atom is 0.227 e. The number of oxazole rings is 1. The first-order valence-electron chi connectivity index (χ1n) is 18.1. The summed E-state index contributed by atoms with van der Waals surface area (Å²) in [6, 6.07) is 65.6. The van der Waals surface area contributed by atoms with Gasteiger partial charge in [0.05, 0.1) is 27.8 Å². The number of nitrogens with zero attached hydrogens (tertiary/aromatic N) is 3. The zero-order chi connectivity index (χ0) is 35.6. The van der Waals surface area contributed by atoms with Crippen molar-refractivity contribution < 1.29 is 8.83 Å². The van der Waals surface area contributed by atoms with E-state index in [4.69, 9.17) is 13.8 Å². The first-order chi connectivity index (χ1) is 26.8. The van der Waals surface area contributed by atoms with Crippen LogP contribution in [0.15, 0.2) is 197 Å². The highest BCUT2D eigenvalue weighted by Crippen LogP contribution is 2.47. The SMILES string of the molecule is c1ccc(-c2nc3c(ccc4oc5c(N(c6ccc7c(c6)c6ccccc6n7-c6ccccc6)c6ccccc6-c6ccccc6)cccc5c43)o2)cc1. The van der Waals surface area contributed by atoms with Gasteiger partial charge < -0.3 is 18.3 Å². The Kier molecular flexibility index (Phi) is 6.79. The number of para-hydroxylation sites is 4. The van der Waals surface area contributed by atoms with Crippen LogP contribution in [-0.2, 0) is 0 Å². The molecule has 0 saturated heterocycles. The van der Waals surface area contributed by atoms with Crippen molar-refractivity contribution in [1.82, 2.24) is 9.55 Å². The average molecular weight is 694 g/mol. The van der Waals surface area contributed by atoms with Gasteiger partial charge in [0.2, 0.25) is 5.89 Å². The molecule has 11 rings (SSSR count). The van der Waals surface area contributed by atoms with Crippen LogP contribution >= 0.6 is 0 Å². The fourth-order valence-electron chi connectivity index (χ4n) is 8.03. The quantitative estimate of drug-likeness (QED) is 0.174. The topological polar surface area (TPSA) is 47.3 Å². The Hall–Kier alpha value is -7.37. The molecule has 5 nitrogen and oxygen atoms in total. The Morgan fingerprint density at radius 3 is 1.94 bits per heavy atom. The van der Waals surface area contributed by atoms with Gasteiger partial charge in [-0.05, 0) is 78.4 Å². The van der Waals surface area contributed by atoms with Gasteiger partial charge in [-0.2, -0.15) is 0 Å². The summed E-state index contributed by atoms with van der Waals surface area (Å²) in [6.45, 7) is 0. The third kappa shape index (κ3) is 4.69. The summed E-state index contributed by atoms with van der Waals surface area (Å²) in [7, 11) is 0. The number of rotatable bonds is 6. The predicted octanol–water partition coefficient (Wildman–Crippen LogP) is 13.6. The van der Waals surface area contributed by atoms with Gasteiger partial charge in [0, 0.05) is 38.7 Å². The molecule has 3 aromatic heterocycles. The van der Waals surface area contributed by atoms with E-state index < -0.39 is 0 Å². The van der Waals surface area contributed by atoms with Crippen LogP contribution in [0.1, 0.15) is 0 Å². The van der Waals surface area contributed by atoms with Crippen LogP contribution in [0.3, 0.4) is 0 Å². The van der Waals surface area contributed by atoms with Crippen molar-refractivity contribution in [2.45, 2.75) is 0 Å². The van der Waals surface area contributed by atoms with Crippen molar-refractivity contribution in [2.75, 3.05) is 4.90 Å². The van der Waals surface area contributed by atoms with E-state index in [9.17, 15) is 0 Å². The van der Waals surface area contributed by atoms with Gasteiger partial charge in [0.25, 0.3) is 0 Å². The minimum Gasteiger partial charge on any atom is -0.454 e. The van der Waals surface area contributed by atoms with Crippen LogP contribution in [0.5, 0.6) is 0 Å². The Morgan fingerprint density at radius 1 is 0.463 bits per heavy atom. The highest BCUT2D eigenvalue weighted by molar-refractivity contribution is 6.20. The molecule has 254 valence electrons. The van der Waals surface area contributed by atoms with Gasteiger partial charge >= 0.3 is 0 Å². The lowest BCUT2D eigenvalue weighted by Crippen LogP contribution is -2.11. The normalized spacial score (nSPS) is 11.7. The monoisotopic (exact) mass is 693 g/mol. The fourth-order valence-corrected chi connectivity index (χ4v) is 8.03. The van der Waals surface area contributed by atoms with Crippen molar-refractivity contribution in [3.05, 3.63) is 188 Å². The minimum atomic E-state index is 0.588. The lowest BCUT2D eigenvalue weighted by molar-refractivity contribution is 0.619. The highest BCUT2D eigenvalue weighted by atomic mass is 16.4. The van der Waals surface area contributed by atoms with Gasteiger partial charge in [0.15, 0.2) is 11.2 Å². The Morgan fingerprint density at radius 2 is 1.11 bits per heavy atom. The van der Waals surface area contributed by atoms with Gasteiger partial charge in [-0.25, -0.2) is 4.98 Å². The molecule has 0 atom stereocenters. The number of benzene rings is 8. The number of fused-ring (bicyclic) bond motifs is 8. The Bertz CT molecular complexity index is 3160. The van der Waals surface area contributed by atoms with E-state index >= 15 is 0 Å². The second-order valence-corrected chi connectivity index (χ2v) is 13.5. The van der Waals surface area contributed by atoms with Crippen molar-refractivity contribution in [2.24, 2.45) is 0 Å². The summed E-state index contributed by atoms with van der Waals surface area (Å²) in [6.07, 6.45) is 0. The molecular formula is C49H31N3O2. The summed E-state index contributed by atoms with van der Waals surface area (Å²) in [5.74, 6) is 0.588. The molecule has 5 heteroatoms. The molecule has 0 bridgehead atoms. The maximum absolute atomic E-state index is 6.87. The van der Waals surface area contributed by atoms with E-state index in [0.29, 0.717) is 5.89 Å². The molecule has 0 fully saturated rings. The predicted molar refractivity (Wildman–Crippen MR) is 221 cm³/mol. The summed E-state index contributed by atoms with van der Waals surface area (Å²) in [5.41, 5.74) is 12.7. The molecule has 0 radical (unpaired) electrons. The van der Waals surface area contributed by atoms with Crippen molar-refractivity contribution >= 4 is 71.9 Å². The molecule has 11 aromatic rings. The molecule has 0 unspecified atom stereocenters. The molecule has 0 spiro atoms. The number of furan rings is 1. The molecule has 0 aliphatic carbocycles. The maximum atomic E-state index is 6.87. The molecule has 3 heterocycles. The number of anilines is 3. The smallest absolute Gasteiger partial charge is 0.227 e. The standard InChI is InChI=1S/C49H31N3O2/c1-4-15-32(16-5-1)36-21-10-12-24-40(36)52(35-27-28-42-39(31-35)37-22-11-13-25-41(37)51(42)34-19-8-3-9-20-34)43-26-14-23-38-46-44(53-48(38)43)29-30-45-47(46)50-49(54-45)33-17-6-2-7-18-33/h1-31H. The third-order valence-electron chi connectivity index (χ3n) is 10.4. The molecular weight excluding hydrogens is 663 g/mol. The molecule has 54 heavy (non-hydrogen) atoms. The molecule has 0 saturated carbocycles. The lowest BCUT2D eigenvalue weighted by Gasteiger charge is -2.28. The van der Waals surface area contributed by atoms with Crippen molar-refractivity contribution in [3.63, 3.8) is 0 Å². The van der Waals surface area contributed by atoms with Crippen LogP contribution in [0.4, 0.5) is 17.1 Å². The van der Waals surface area contributed by atoms with Gasteiger partial charge in [0.1, 0.15) is 11.1 Å². The minimum absolute atomic E-state index is 0.588. The Labute approximate surface area is 310 Å². The van der Waals surface area contributed by atoms with E-state index in [0.717, 1.165) is 83.5 Å². The first-order valence-corrected chi connectivity index (χ1v) is 18.1. The molecule has 0 aliphatic heterocycles. The summed E-state index contributed by atoms with van der Waals surface area (Å²) in [4.78, 5) is 7.37. The van der Waals surface area contributed by atoms with Crippen LogP contribution in [-0.4, -0.2) is 9.55 Å². The lowest BCUT2D eigenvalue weighted by atomic mass is 10.0. The zero-order valence-corrected chi connectivity index (χ0v) is 29.1. The Balaban J connectivity index is 1.19. The van der Waals surface area contributed by atoms with Crippen LogP contribution < -0.4 is 4.90 Å². The zero-order valence-electron chi connectivity index (χ0n) is 29.1. The molecule has 0 amide bonds. The van der Waals surface area contributed by atoms with E-state index in [-0.39, 0.29) is 0 Å². The van der Waals surface area contributed by atoms with E-state index in [2.05, 4.69) is 155 Å². The van der Waals surface area contributed by atoms with E-state index in [1.54, 1.807) is 0 Å².